The number of fused-ring (bicyclic) bond motifs is 3. The van der Waals surface area contributed by atoms with Crippen LogP contribution >= 0.6 is 0 Å². The number of aryl methyl sites for hydroxylation is 6. The van der Waals surface area contributed by atoms with Crippen LogP contribution in [-0.4, -0.2) is 9.97 Å². The fourth-order valence-corrected chi connectivity index (χ4v) is 5.46. The first-order chi connectivity index (χ1) is 17.2. The van der Waals surface area contributed by atoms with Crippen LogP contribution in [0.2, 0.25) is 0 Å². The number of aromatic nitrogens is 2. The third-order valence-corrected chi connectivity index (χ3v) is 7.18. The van der Waals surface area contributed by atoms with Gasteiger partial charge in [0.25, 0.3) is 0 Å². The molecule has 0 saturated carbocycles. The van der Waals surface area contributed by atoms with Crippen LogP contribution in [0.5, 0.6) is 0 Å². The Kier molecular flexibility index (Phi) is 5.15. The lowest BCUT2D eigenvalue weighted by Gasteiger charge is -2.14. The topological polar surface area (TPSA) is 25.8 Å². The van der Waals surface area contributed by atoms with Crippen molar-refractivity contribution in [3.8, 4) is 22.5 Å². The number of hydrogen-bond acceptors (Lipinski definition) is 2. The van der Waals surface area contributed by atoms with E-state index in [0.29, 0.717) is 0 Å². The van der Waals surface area contributed by atoms with E-state index in [4.69, 9.17) is 9.97 Å². The van der Waals surface area contributed by atoms with Gasteiger partial charge in [-0.2, -0.15) is 0 Å². The average Bonchev–Trinajstić information content (AvgIpc) is 2.80. The molecule has 2 heteroatoms. The van der Waals surface area contributed by atoms with E-state index < -0.39 is 0 Å². The number of nitrogens with zero attached hydrogens (tertiary/aromatic N) is 2. The number of rotatable bonds is 2. The predicted octanol–water partition coefficient (Wildman–Crippen LogP) is 9.12. The van der Waals surface area contributed by atoms with E-state index in [1.54, 1.807) is 0 Å². The molecule has 0 aliphatic heterocycles. The molecule has 0 spiro atoms. The van der Waals surface area contributed by atoms with Crippen molar-refractivity contribution in [2.75, 3.05) is 0 Å². The summed E-state index contributed by atoms with van der Waals surface area (Å²) in [6.07, 6.45) is 0. The van der Waals surface area contributed by atoms with Crippen LogP contribution in [0.1, 0.15) is 33.4 Å². The Morgan fingerprint density at radius 2 is 0.694 bits per heavy atom. The summed E-state index contributed by atoms with van der Waals surface area (Å²) in [6.45, 7) is 12.9. The summed E-state index contributed by atoms with van der Waals surface area (Å²) >= 11 is 0. The zero-order valence-corrected chi connectivity index (χ0v) is 21.8. The van der Waals surface area contributed by atoms with Crippen molar-refractivity contribution in [3.63, 3.8) is 0 Å². The lowest BCUT2D eigenvalue weighted by atomic mass is 9.97. The van der Waals surface area contributed by atoms with Crippen molar-refractivity contribution in [1.29, 1.82) is 0 Å². The second kappa shape index (κ2) is 8.27. The molecule has 0 amide bonds. The molecular weight excluding hydrogens is 436 g/mol. The van der Waals surface area contributed by atoms with Crippen LogP contribution in [0.25, 0.3) is 55.1 Å². The molecule has 0 aliphatic carbocycles. The lowest BCUT2D eigenvalue weighted by molar-refractivity contribution is 1.27. The Morgan fingerprint density at radius 1 is 0.361 bits per heavy atom. The Morgan fingerprint density at radius 3 is 1.06 bits per heavy atom. The predicted molar refractivity (Wildman–Crippen MR) is 154 cm³/mol. The Hall–Kier alpha value is -4.04. The molecular formula is C34H30N2. The summed E-state index contributed by atoms with van der Waals surface area (Å²) in [6, 6.07) is 26.8. The van der Waals surface area contributed by atoms with Crippen LogP contribution < -0.4 is 0 Å². The summed E-state index contributed by atoms with van der Waals surface area (Å²) in [7, 11) is 0. The maximum atomic E-state index is 5.26. The maximum Gasteiger partial charge on any atom is 0.0973 e. The van der Waals surface area contributed by atoms with Crippen LogP contribution in [-0.2, 0) is 0 Å². The third-order valence-electron chi connectivity index (χ3n) is 7.18. The maximum absolute atomic E-state index is 5.26. The summed E-state index contributed by atoms with van der Waals surface area (Å²) in [5, 5.41) is 4.91. The first kappa shape index (κ1) is 22.4. The lowest BCUT2D eigenvalue weighted by Crippen LogP contribution is -1.97. The molecule has 6 rings (SSSR count). The highest BCUT2D eigenvalue weighted by Crippen LogP contribution is 2.35. The molecule has 0 N–H and O–H groups in total. The summed E-state index contributed by atoms with van der Waals surface area (Å²) < 4.78 is 0. The van der Waals surface area contributed by atoms with E-state index in [2.05, 4.69) is 114 Å². The smallest absolute Gasteiger partial charge is 0.0973 e. The normalized spacial score (nSPS) is 11.6. The monoisotopic (exact) mass is 466 g/mol. The molecule has 2 nitrogen and oxygen atoms in total. The quantitative estimate of drug-likeness (QED) is 0.238. The van der Waals surface area contributed by atoms with Gasteiger partial charge < -0.3 is 0 Å². The number of benzene rings is 5. The van der Waals surface area contributed by atoms with Crippen molar-refractivity contribution in [2.24, 2.45) is 0 Å². The fourth-order valence-electron chi connectivity index (χ4n) is 5.46. The highest BCUT2D eigenvalue weighted by Gasteiger charge is 2.16. The Balaban J connectivity index is 1.68. The van der Waals surface area contributed by atoms with E-state index in [1.165, 1.54) is 54.9 Å². The first-order valence-corrected chi connectivity index (χ1v) is 12.6. The van der Waals surface area contributed by atoms with Crippen molar-refractivity contribution >= 4 is 32.6 Å². The summed E-state index contributed by atoms with van der Waals surface area (Å²) in [5.74, 6) is 0. The molecule has 0 bridgehead atoms. The largest absolute Gasteiger partial charge is 0.244 e. The Bertz CT molecular complexity index is 1670. The molecule has 0 saturated heterocycles. The summed E-state index contributed by atoms with van der Waals surface area (Å²) in [4.78, 5) is 10.5. The van der Waals surface area contributed by atoms with Gasteiger partial charge in [-0.05, 0) is 123 Å². The number of hydrogen-bond donors (Lipinski definition) is 0. The molecule has 0 radical (unpaired) electrons. The highest BCUT2D eigenvalue weighted by molar-refractivity contribution is 6.04. The minimum absolute atomic E-state index is 0.924. The van der Waals surface area contributed by atoms with Crippen molar-refractivity contribution in [1.82, 2.24) is 9.97 Å². The van der Waals surface area contributed by atoms with Crippen LogP contribution in [0, 0.1) is 41.5 Å². The van der Waals surface area contributed by atoms with Gasteiger partial charge in [0.2, 0.25) is 0 Å². The average molecular weight is 467 g/mol. The van der Waals surface area contributed by atoms with Gasteiger partial charge in [0.05, 0.1) is 22.4 Å². The third kappa shape index (κ3) is 3.93. The second-order valence-electron chi connectivity index (χ2n) is 10.5. The molecule has 0 fully saturated rings. The molecule has 5 aromatic carbocycles. The van der Waals surface area contributed by atoms with E-state index in [-0.39, 0.29) is 0 Å². The Labute approximate surface area is 212 Å². The minimum atomic E-state index is 0.924. The molecule has 36 heavy (non-hydrogen) atoms. The van der Waals surface area contributed by atoms with Crippen molar-refractivity contribution < 1.29 is 0 Å². The van der Waals surface area contributed by atoms with Crippen molar-refractivity contribution in [2.45, 2.75) is 41.5 Å². The highest BCUT2D eigenvalue weighted by atomic mass is 14.8. The zero-order valence-electron chi connectivity index (χ0n) is 21.8. The molecule has 0 atom stereocenters. The van der Waals surface area contributed by atoms with Gasteiger partial charge in [-0.25, -0.2) is 9.97 Å². The minimum Gasteiger partial charge on any atom is -0.244 e. The van der Waals surface area contributed by atoms with Gasteiger partial charge in [0.15, 0.2) is 0 Å². The van der Waals surface area contributed by atoms with E-state index in [9.17, 15) is 0 Å². The van der Waals surface area contributed by atoms with Crippen LogP contribution in [0.15, 0.2) is 72.8 Å². The van der Waals surface area contributed by atoms with Gasteiger partial charge in [-0.1, -0.05) is 46.5 Å². The molecule has 0 aliphatic rings. The van der Waals surface area contributed by atoms with E-state index in [1.807, 2.05) is 0 Å². The first-order valence-electron chi connectivity index (χ1n) is 12.6. The molecule has 176 valence electrons. The second-order valence-corrected chi connectivity index (χ2v) is 10.5. The molecule has 1 heterocycles. The summed E-state index contributed by atoms with van der Waals surface area (Å²) in [5.41, 5.74) is 13.5. The molecule has 6 aromatic rings. The van der Waals surface area contributed by atoms with Gasteiger partial charge in [-0.15, -0.1) is 0 Å². The van der Waals surface area contributed by atoms with Gasteiger partial charge in [-0.3, -0.25) is 0 Å². The molecule has 1 aromatic heterocycles. The van der Waals surface area contributed by atoms with E-state index in [0.717, 1.165) is 33.5 Å². The van der Waals surface area contributed by atoms with Gasteiger partial charge in [0, 0.05) is 11.1 Å². The van der Waals surface area contributed by atoms with Gasteiger partial charge >= 0.3 is 0 Å². The SMILES string of the molecule is Cc1cc(C)cc(-c2nc3cc4cc5cc(C)c(C)cc5cc4cc3nc2-c2cc(C)cc(C)c2)c1. The fraction of sp³-hybridized carbons (Fsp3) is 0.176. The van der Waals surface area contributed by atoms with Crippen molar-refractivity contribution in [3.05, 3.63) is 106 Å². The van der Waals surface area contributed by atoms with Gasteiger partial charge in [0.1, 0.15) is 0 Å². The van der Waals surface area contributed by atoms with E-state index >= 15 is 0 Å². The zero-order chi connectivity index (χ0) is 25.1. The standard InChI is InChI=1S/C34H30N2/c1-19-7-20(2)10-29(9-19)33-34(30-11-21(3)8-22(4)12-30)36-32-18-28-16-26-14-24(6)23(5)13-25(26)15-27(28)17-31(32)35-33/h7-18H,1-6H3. The van der Waals surface area contributed by atoms with Crippen LogP contribution in [0.3, 0.4) is 0 Å². The van der Waals surface area contributed by atoms with Crippen LogP contribution in [0.4, 0.5) is 0 Å². The molecule has 0 unspecified atom stereocenters.